The number of imidazole rings is 1. The molecular formula is C16H21N3. The van der Waals surface area contributed by atoms with Gasteiger partial charge in [0.25, 0.3) is 0 Å². The van der Waals surface area contributed by atoms with Crippen LogP contribution in [0.4, 0.5) is 0 Å². The molecule has 0 aliphatic carbocycles. The Morgan fingerprint density at radius 3 is 2.68 bits per heavy atom. The first-order valence-corrected chi connectivity index (χ1v) is 6.99. The smallest absolute Gasteiger partial charge is 0.122 e. The van der Waals surface area contributed by atoms with Crippen LogP contribution in [-0.2, 0) is 19.5 Å². The molecule has 19 heavy (non-hydrogen) atoms. The first-order valence-electron chi connectivity index (χ1n) is 6.99. The van der Waals surface area contributed by atoms with Crippen LogP contribution in [0.25, 0.3) is 0 Å². The maximum Gasteiger partial charge on any atom is 0.122 e. The number of aryl methyl sites for hydroxylation is 3. The van der Waals surface area contributed by atoms with Crippen LogP contribution in [0.1, 0.15) is 40.5 Å². The number of fused-ring (bicyclic) bond motifs is 1. The lowest BCUT2D eigenvalue weighted by Gasteiger charge is -2.26. The van der Waals surface area contributed by atoms with Crippen molar-refractivity contribution in [3.63, 3.8) is 0 Å². The Labute approximate surface area is 114 Å². The molecule has 0 radical (unpaired) electrons. The summed E-state index contributed by atoms with van der Waals surface area (Å²) in [5, 5.41) is 0. The van der Waals surface area contributed by atoms with Crippen molar-refractivity contribution in [2.24, 2.45) is 5.73 Å². The van der Waals surface area contributed by atoms with Crippen molar-refractivity contribution in [3.8, 4) is 0 Å². The van der Waals surface area contributed by atoms with Crippen LogP contribution in [0.15, 0.2) is 24.4 Å². The van der Waals surface area contributed by atoms with Crippen LogP contribution in [0.5, 0.6) is 0 Å². The first kappa shape index (κ1) is 12.4. The summed E-state index contributed by atoms with van der Waals surface area (Å²) in [6.07, 6.45) is 4.29. The van der Waals surface area contributed by atoms with Crippen molar-refractivity contribution in [2.75, 3.05) is 0 Å². The summed E-state index contributed by atoms with van der Waals surface area (Å²) < 4.78 is 2.31. The van der Waals surface area contributed by atoms with Gasteiger partial charge in [0.2, 0.25) is 0 Å². The molecule has 0 amide bonds. The molecular weight excluding hydrogens is 234 g/mol. The molecule has 1 aromatic heterocycles. The Morgan fingerprint density at radius 2 is 2.00 bits per heavy atom. The number of aromatic nitrogens is 2. The molecule has 2 aromatic rings. The Morgan fingerprint density at radius 1 is 1.26 bits per heavy atom. The predicted octanol–water partition coefficient (Wildman–Crippen LogP) is 2.69. The summed E-state index contributed by atoms with van der Waals surface area (Å²) in [6.45, 7) is 5.89. The molecule has 2 N–H and O–H groups in total. The SMILES string of the molecule is Cc1cc(C)cc(C2CCc3cnc(CN)n3C2)c1. The van der Waals surface area contributed by atoms with Gasteiger partial charge in [-0.05, 0) is 32.3 Å². The summed E-state index contributed by atoms with van der Waals surface area (Å²) in [5.74, 6) is 1.61. The fourth-order valence-corrected chi connectivity index (χ4v) is 3.19. The second-order valence-corrected chi connectivity index (χ2v) is 5.64. The second-order valence-electron chi connectivity index (χ2n) is 5.64. The quantitative estimate of drug-likeness (QED) is 0.896. The fraction of sp³-hybridized carbons (Fsp3) is 0.438. The third kappa shape index (κ3) is 2.30. The van der Waals surface area contributed by atoms with Crippen LogP contribution in [0, 0.1) is 13.8 Å². The summed E-state index contributed by atoms with van der Waals surface area (Å²) in [4.78, 5) is 4.42. The number of hydrogen-bond donors (Lipinski definition) is 1. The first-order chi connectivity index (χ1) is 9.17. The van der Waals surface area contributed by atoms with Gasteiger partial charge >= 0.3 is 0 Å². The zero-order chi connectivity index (χ0) is 13.4. The van der Waals surface area contributed by atoms with Crippen molar-refractivity contribution < 1.29 is 0 Å². The minimum absolute atomic E-state index is 0.527. The van der Waals surface area contributed by atoms with Crippen molar-refractivity contribution >= 4 is 0 Å². The van der Waals surface area contributed by atoms with Crippen molar-refractivity contribution in [1.82, 2.24) is 9.55 Å². The van der Waals surface area contributed by atoms with Gasteiger partial charge in [0.15, 0.2) is 0 Å². The molecule has 1 aromatic carbocycles. The summed E-state index contributed by atoms with van der Waals surface area (Å²) >= 11 is 0. The van der Waals surface area contributed by atoms with E-state index in [1.165, 1.54) is 28.8 Å². The maximum atomic E-state index is 5.77. The molecule has 3 heteroatoms. The van der Waals surface area contributed by atoms with E-state index in [9.17, 15) is 0 Å². The van der Waals surface area contributed by atoms with Crippen LogP contribution < -0.4 is 5.73 Å². The van der Waals surface area contributed by atoms with E-state index in [0.717, 1.165) is 18.8 Å². The molecule has 1 aliphatic heterocycles. The highest BCUT2D eigenvalue weighted by Gasteiger charge is 2.22. The Bertz CT molecular complexity index is 564. The highest BCUT2D eigenvalue weighted by atomic mass is 15.1. The van der Waals surface area contributed by atoms with Gasteiger partial charge in [-0.25, -0.2) is 4.98 Å². The van der Waals surface area contributed by atoms with Gasteiger partial charge in [0, 0.05) is 24.4 Å². The molecule has 0 bridgehead atoms. The van der Waals surface area contributed by atoms with Gasteiger partial charge in [-0.3, -0.25) is 0 Å². The van der Waals surface area contributed by atoms with Crippen molar-refractivity contribution in [2.45, 2.75) is 45.7 Å². The molecule has 0 saturated heterocycles. The van der Waals surface area contributed by atoms with E-state index in [0.29, 0.717) is 12.5 Å². The lowest BCUT2D eigenvalue weighted by Crippen LogP contribution is -2.21. The molecule has 100 valence electrons. The number of rotatable bonds is 2. The molecule has 1 aliphatic rings. The summed E-state index contributed by atoms with van der Waals surface area (Å²) in [6, 6.07) is 6.88. The second kappa shape index (κ2) is 4.82. The van der Waals surface area contributed by atoms with Gasteiger partial charge in [-0.15, -0.1) is 0 Å². The van der Waals surface area contributed by atoms with E-state index in [2.05, 4.69) is 41.6 Å². The van der Waals surface area contributed by atoms with E-state index >= 15 is 0 Å². The number of hydrogen-bond acceptors (Lipinski definition) is 2. The van der Waals surface area contributed by atoms with E-state index in [-0.39, 0.29) is 0 Å². The highest BCUT2D eigenvalue weighted by Crippen LogP contribution is 2.30. The van der Waals surface area contributed by atoms with Crippen LogP contribution in [-0.4, -0.2) is 9.55 Å². The molecule has 3 nitrogen and oxygen atoms in total. The molecule has 3 rings (SSSR count). The summed E-state index contributed by atoms with van der Waals surface area (Å²) in [7, 11) is 0. The van der Waals surface area contributed by atoms with Crippen LogP contribution in [0.2, 0.25) is 0 Å². The maximum absolute atomic E-state index is 5.77. The molecule has 2 heterocycles. The largest absolute Gasteiger partial charge is 0.330 e. The van der Waals surface area contributed by atoms with Gasteiger partial charge < -0.3 is 10.3 Å². The van der Waals surface area contributed by atoms with E-state index in [1.807, 2.05) is 6.20 Å². The number of benzene rings is 1. The average Bonchev–Trinajstić information content (AvgIpc) is 2.79. The third-order valence-electron chi connectivity index (χ3n) is 4.07. The topological polar surface area (TPSA) is 43.8 Å². The Balaban J connectivity index is 1.92. The molecule has 0 fully saturated rings. The molecule has 1 unspecified atom stereocenters. The minimum atomic E-state index is 0.527. The predicted molar refractivity (Wildman–Crippen MR) is 77.1 cm³/mol. The zero-order valence-corrected chi connectivity index (χ0v) is 11.7. The average molecular weight is 255 g/mol. The lowest BCUT2D eigenvalue weighted by molar-refractivity contribution is 0.451. The van der Waals surface area contributed by atoms with E-state index < -0.39 is 0 Å². The van der Waals surface area contributed by atoms with Gasteiger partial charge in [-0.1, -0.05) is 29.3 Å². The summed E-state index contributed by atoms with van der Waals surface area (Å²) in [5.41, 5.74) is 11.3. The monoisotopic (exact) mass is 255 g/mol. The standard InChI is InChI=1S/C16H21N3/c1-11-5-12(2)7-14(6-11)13-3-4-15-9-18-16(8-17)19(15)10-13/h5-7,9,13H,3-4,8,10,17H2,1-2H3. The highest BCUT2D eigenvalue weighted by molar-refractivity contribution is 5.31. The minimum Gasteiger partial charge on any atom is -0.330 e. The normalized spacial score (nSPS) is 18.4. The van der Waals surface area contributed by atoms with Crippen molar-refractivity contribution in [3.05, 3.63) is 52.6 Å². The Kier molecular flexibility index (Phi) is 3.15. The van der Waals surface area contributed by atoms with Crippen LogP contribution >= 0.6 is 0 Å². The van der Waals surface area contributed by atoms with Crippen molar-refractivity contribution in [1.29, 1.82) is 0 Å². The molecule has 1 atom stereocenters. The van der Waals surface area contributed by atoms with E-state index in [1.54, 1.807) is 0 Å². The van der Waals surface area contributed by atoms with Gasteiger partial charge in [0.1, 0.15) is 5.82 Å². The zero-order valence-electron chi connectivity index (χ0n) is 11.7. The number of nitrogens with zero attached hydrogens (tertiary/aromatic N) is 2. The Hall–Kier alpha value is -1.61. The van der Waals surface area contributed by atoms with Gasteiger partial charge in [-0.2, -0.15) is 0 Å². The fourth-order valence-electron chi connectivity index (χ4n) is 3.19. The third-order valence-corrected chi connectivity index (χ3v) is 4.07. The lowest BCUT2D eigenvalue weighted by atomic mass is 9.89. The van der Waals surface area contributed by atoms with E-state index in [4.69, 9.17) is 5.73 Å². The molecule has 0 saturated carbocycles. The number of nitrogens with two attached hydrogens (primary N) is 1. The molecule has 0 spiro atoms. The van der Waals surface area contributed by atoms with Gasteiger partial charge in [0.05, 0.1) is 6.54 Å². The van der Waals surface area contributed by atoms with Crippen LogP contribution in [0.3, 0.4) is 0 Å².